The minimum Gasteiger partial charge on any atom is -0.422 e. The molecule has 0 amide bonds. The Morgan fingerprint density at radius 3 is 2.70 bits per heavy atom. The third-order valence-electron chi connectivity index (χ3n) is 2.94. The van der Waals surface area contributed by atoms with Gasteiger partial charge in [-0.05, 0) is 25.6 Å². The fourth-order valence-electron chi connectivity index (χ4n) is 1.75. The number of halogens is 3. The van der Waals surface area contributed by atoms with E-state index in [2.05, 4.69) is 21.5 Å². The average molecular weight is 357 g/mol. The number of rotatable bonds is 5. The molecule has 0 spiro atoms. The van der Waals surface area contributed by atoms with E-state index in [-0.39, 0.29) is 28.0 Å². The fraction of sp³-hybridized carbons (Fsp3) is 0.133. The van der Waals surface area contributed by atoms with Gasteiger partial charge in [-0.3, -0.25) is 4.68 Å². The molecule has 0 aliphatic rings. The number of aryl methyl sites for hydroxylation is 1. The molecular weight excluding hydrogens is 346 g/mol. The minimum atomic E-state index is -0.603. The summed E-state index contributed by atoms with van der Waals surface area (Å²) < 4.78 is 21.0. The quantitative estimate of drug-likeness (QED) is 0.348. The molecule has 0 aliphatic carbocycles. The second-order valence-corrected chi connectivity index (χ2v) is 5.18. The van der Waals surface area contributed by atoms with E-state index in [4.69, 9.17) is 34.4 Å². The molecule has 2 aromatic rings. The second-order valence-electron chi connectivity index (χ2n) is 4.39. The van der Waals surface area contributed by atoms with Crippen molar-refractivity contribution in [3.05, 3.63) is 46.2 Å². The zero-order chi connectivity index (χ0) is 17.1. The number of ether oxygens (including phenoxy) is 1. The molecule has 0 N–H and O–H groups in total. The zero-order valence-electron chi connectivity index (χ0n) is 12.2. The Hall–Kier alpha value is -2.36. The zero-order valence-corrected chi connectivity index (χ0v) is 13.7. The number of hydrogen-bond acceptors (Lipinski definition) is 4. The monoisotopic (exact) mass is 356 g/mol. The van der Waals surface area contributed by atoms with E-state index in [1.807, 2.05) is 0 Å². The Labute approximate surface area is 142 Å². The fourth-order valence-corrected chi connectivity index (χ4v) is 2.20. The van der Waals surface area contributed by atoms with Crippen LogP contribution in [0.1, 0.15) is 5.69 Å². The summed E-state index contributed by atoms with van der Waals surface area (Å²) in [6, 6.07) is 2.40. The standard InChI is InChI=1S/C15H11Cl2FN2O3/c1-5-21-23-9(3)22-13-6-10(12(18)7-11(13)16)15-14(17)8(2)20(4)19-15/h1,6-7H,3H2,2,4H3. The Kier molecular flexibility index (Phi) is 5.04. The molecule has 23 heavy (non-hydrogen) atoms. The molecule has 0 saturated carbocycles. The summed E-state index contributed by atoms with van der Waals surface area (Å²) in [4.78, 5) is 8.76. The lowest BCUT2D eigenvalue weighted by Crippen LogP contribution is -2.00. The van der Waals surface area contributed by atoms with Crippen molar-refractivity contribution in [2.24, 2.45) is 7.05 Å². The third kappa shape index (κ3) is 3.52. The van der Waals surface area contributed by atoms with Crippen molar-refractivity contribution in [1.82, 2.24) is 9.78 Å². The van der Waals surface area contributed by atoms with Gasteiger partial charge < -0.3 is 4.74 Å². The summed E-state index contributed by atoms with van der Waals surface area (Å²) in [5.41, 5.74) is 1.06. The normalized spacial score (nSPS) is 10.1. The Morgan fingerprint density at radius 2 is 2.13 bits per heavy atom. The van der Waals surface area contributed by atoms with Crippen LogP contribution in [0.15, 0.2) is 24.7 Å². The molecule has 0 atom stereocenters. The first-order chi connectivity index (χ1) is 10.8. The molecule has 2 rings (SSSR count). The van der Waals surface area contributed by atoms with Crippen LogP contribution < -0.4 is 4.74 Å². The number of aromatic nitrogens is 2. The van der Waals surface area contributed by atoms with Crippen molar-refractivity contribution < 1.29 is 18.9 Å². The topological polar surface area (TPSA) is 45.5 Å². The first-order valence-corrected chi connectivity index (χ1v) is 6.95. The van der Waals surface area contributed by atoms with Gasteiger partial charge in [0.05, 0.1) is 15.7 Å². The third-order valence-corrected chi connectivity index (χ3v) is 3.69. The molecule has 0 bridgehead atoms. The van der Waals surface area contributed by atoms with E-state index in [0.717, 1.165) is 6.07 Å². The van der Waals surface area contributed by atoms with Crippen molar-refractivity contribution >= 4 is 23.2 Å². The molecule has 0 fully saturated rings. The van der Waals surface area contributed by atoms with Gasteiger partial charge in [-0.1, -0.05) is 29.6 Å². The maximum Gasteiger partial charge on any atom is 0.329 e. The summed E-state index contributed by atoms with van der Waals surface area (Å²) in [5.74, 6) is -0.799. The van der Waals surface area contributed by atoms with Gasteiger partial charge >= 0.3 is 5.95 Å². The molecule has 1 aromatic carbocycles. The Bertz CT molecular complexity index is 812. The lowest BCUT2D eigenvalue weighted by Gasteiger charge is -2.10. The molecule has 5 nitrogen and oxygen atoms in total. The lowest BCUT2D eigenvalue weighted by molar-refractivity contribution is -0.224. The average Bonchev–Trinajstić information content (AvgIpc) is 2.75. The van der Waals surface area contributed by atoms with Gasteiger partial charge in [0.1, 0.15) is 11.5 Å². The van der Waals surface area contributed by atoms with Gasteiger partial charge in [0.25, 0.3) is 0 Å². The van der Waals surface area contributed by atoms with E-state index < -0.39 is 5.82 Å². The number of terminal acetylenes is 1. The van der Waals surface area contributed by atoms with E-state index in [9.17, 15) is 4.39 Å². The van der Waals surface area contributed by atoms with Crippen molar-refractivity contribution in [2.45, 2.75) is 6.92 Å². The molecule has 120 valence electrons. The SMILES string of the molecule is C#COOC(=C)Oc1cc(-c2nn(C)c(C)c2Cl)c(F)cc1Cl. The highest BCUT2D eigenvalue weighted by molar-refractivity contribution is 6.34. The minimum absolute atomic E-state index is 0.000447. The summed E-state index contributed by atoms with van der Waals surface area (Å²) in [6.07, 6.45) is 6.63. The van der Waals surface area contributed by atoms with E-state index in [0.29, 0.717) is 10.7 Å². The van der Waals surface area contributed by atoms with Gasteiger partial charge in [0.2, 0.25) is 0 Å². The van der Waals surface area contributed by atoms with Crippen molar-refractivity contribution in [3.8, 4) is 29.5 Å². The first-order valence-electron chi connectivity index (χ1n) is 6.19. The number of nitrogens with zero attached hydrogens (tertiary/aromatic N) is 2. The van der Waals surface area contributed by atoms with Gasteiger partial charge in [-0.2, -0.15) is 5.10 Å². The molecule has 8 heteroatoms. The second kappa shape index (κ2) is 6.82. The van der Waals surface area contributed by atoms with Crippen LogP contribution in [0.2, 0.25) is 10.0 Å². The highest BCUT2D eigenvalue weighted by atomic mass is 35.5. The Morgan fingerprint density at radius 1 is 1.43 bits per heavy atom. The van der Waals surface area contributed by atoms with Gasteiger partial charge in [0, 0.05) is 12.6 Å². The highest BCUT2D eigenvalue weighted by Crippen LogP contribution is 2.37. The predicted molar refractivity (Wildman–Crippen MR) is 84.1 cm³/mol. The van der Waals surface area contributed by atoms with Crippen LogP contribution in [0, 0.1) is 25.3 Å². The summed E-state index contributed by atoms with van der Waals surface area (Å²) >= 11 is 12.1. The molecule has 0 unspecified atom stereocenters. The van der Waals surface area contributed by atoms with Crippen LogP contribution in [-0.4, -0.2) is 9.78 Å². The summed E-state index contributed by atoms with van der Waals surface area (Å²) in [6.45, 7) is 5.19. The highest BCUT2D eigenvalue weighted by Gasteiger charge is 2.19. The molecule has 1 aromatic heterocycles. The van der Waals surface area contributed by atoms with Gasteiger partial charge in [-0.15, -0.1) is 0 Å². The van der Waals surface area contributed by atoms with Crippen molar-refractivity contribution in [2.75, 3.05) is 0 Å². The van der Waals surface area contributed by atoms with Gasteiger partial charge in [0.15, 0.2) is 11.9 Å². The van der Waals surface area contributed by atoms with E-state index in [1.165, 1.54) is 10.7 Å². The molecular formula is C15H11Cl2FN2O3. The summed E-state index contributed by atoms with van der Waals surface area (Å²) in [7, 11) is 1.70. The maximum absolute atomic E-state index is 14.2. The maximum atomic E-state index is 14.2. The first kappa shape index (κ1) is 17.0. The van der Waals surface area contributed by atoms with Gasteiger partial charge in [-0.25, -0.2) is 14.2 Å². The molecule has 0 saturated heterocycles. The van der Waals surface area contributed by atoms with Crippen LogP contribution in [-0.2, 0) is 16.8 Å². The predicted octanol–water partition coefficient (Wildman–Crippen LogP) is 4.23. The molecule has 0 aliphatic heterocycles. The van der Waals surface area contributed by atoms with Crippen LogP contribution in [0.3, 0.4) is 0 Å². The number of hydrogen-bond donors (Lipinski definition) is 0. The smallest absolute Gasteiger partial charge is 0.329 e. The number of benzene rings is 1. The van der Waals surface area contributed by atoms with Crippen molar-refractivity contribution in [3.63, 3.8) is 0 Å². The lowest BCUT2D eigenvalue weighted by atomic mass is 10.1. The molecule has 1 heterocycles. The van der Waals surface area contributed by atoms with Crippen LogP contribution in [0.25, 0.3) is 11.3 Å². The summed E-state index contributed by atoms with van der Waals surface area (Å²) in [5, 5.41) is 4.51. The van der Waals surface area contributed by atoms with E-state index in [1.54, 1.807) is 20.1 Å². The van der Waals surface area contributed by atoms with Crippen LogP contribution in [0.4, 0.5) is 4.39 Å². The Balaban J connectivity index is 2.42. The largest absolute Gasteiger partial charge is 0.422 e. The van der Waals surface area contributed by atoms with Crippen molar-refractivity contribution in [1.29, 1.82) is 0 Å². The van der Waals surface area contributed by atoms with Crippen LogP contribution >= 0.6 is 23.2 Å². The molecule has 0 radical (unpaired) electrons. The van der Waals surface area contributed by atoms with E-state index >= 15 is 0 Å². The van der Waals surface area contributed by atoms with Crippen LogP contribution in [0.5, 0.6) is 5.75 Å².